The molecule has 0 amide bonds. The SMILES string of the molecule is O=c1n(-c2ccccc2)cnn1CCBr. The van der Waals surface area contributed by atoms with E-state index in [4.69, 9.17) is 0 Å². The third kappa shape index (κ3) is 2.02. The van der Waals surface area contributed by atoms with E-state index in [1.807, 2.05) is 30.3 Å². The van der Waals surface area contributed by atoms with Gasteiger partial charge in [0.15, 0.2) is 0 Å². The van der Waals surface area contributed by atoms with Crippen LogP contribution in [0, 0.1) is 0 Å². The fourth-order valence-electron chi connectivity index (χ4n) is 1.34. The lowest BCUT2D eigenvalue weighted by Crippen LogP contribution is -2.24. The van der Waals surface area contributed by atoms with Gasteiger partial charge in [0.2, 0.25) is 0 Å². The average molecular weight is 268 g/mol. The summed E-state index contributed by atoms with van der Waals surface area (Å²) in [5, 5.41) is 4.74. The number of aromatic nitrogens is 3. The van der Waals surface area contributed by atoms with E-state index >= 15 is 0 Å². The van der Waals surface area contributed by atoms with E-state index < -0.39 is 0 Å². The van der Waals surface area contributed by atoms with Gasteiger partial charge in [0.05, 0.1) is 12.2 Å². The van der Waals surface area contributed by atoms with Gasteiger partial charge in [0, 0.05) is 5.33 Å². The first-order valence-electron chi connectivity index (χ1n) is 4.59. The average Bonchev–Trinajstić information content (AvgIpc) is 2.63. The van der Waals surface area contributed by atoms with Crippen molar-refractivity contribution in [3.05, 3.63) is 47.1 Å². The zero-order valence-electron chi connectivity index (χ0n) is 8.01. The van der Waals surface area contributed by atoms with Gasteiger partial charge in [-0.2, -0.15) is 5.10 Å². The predicted molar refractivity (Wildman–Crippen MR) is 61.6 cm³/mol. The molecule has 1 aromatic carbocycles. The second kappa shape index (κ2) is 4.44. The summed E-state index contributed by atoms with van der Waals surface area (Å²) in [6.45, 7) is 0.582. The zero-order chi connectivity index (χ0) is 10.7. The molecule has 0 aliphatic carbocycles. The maximum absolute atomic E-state index is 11.8. The first-order chi connectivity index (χ1) is 7.33. The molecule has 0 spiro atoms. The lowest BCUT2D eigenvalue weighted by Gasteiger charge is -1.98. The van der Waals surface area contributed by atoms with Crippen LogP contribution in [0.3, 0.4) is 0 Å². The molecular weight excluding hydrogens is 258 g/mol. The van der Waals surface area contributed by atoms with Crippen LogP contribution in [0.15, 0.2) is 41.5 Å². The maximum Gasteiger partial charge on any atom is 0.350 e. The quantitative estimate of drug-likeness (QED) is 0.790. The second-order valence-corrected chi connectivity index (χ2v) is 3.82. The Hall–Kier alpha value is -1.36. The number of hydrogen-bond acceptors (Lipinski definition) is 2. The smallest absolute Gasteiger partial charge is 0.250 e. The van der Waals surface area contributed by atoms with E-state index in [-0.39, 0.29) is 5.69 Å². The summed E-state index contributed by atoms with van der Waals surface area (Å²) >= 11 is 3.28. The molecule has 2 rings (SSSR count). The maximum atomic E-state index is 11.8. The van der Waals surface area contributed by atoms with Gasteiger partial charge in [-0.15, -0.1) is 0 Å². The van der Waals surface area contributed by atoms with E-state index in [0.717, 1.165) is 11.0 Å². The summed E-state index contributed by atoms with van der Waals surface area (Å²) in [7, 11) is 0. The normalized spacial score (nSPS) is 10.5. The van der Waals surface area contributed by atoms with Gasteiger partial charge in [0.25, 0.3) is 0 Å². The van der Waals surface area contributed by atoms with E-state index in [0.29, 0.717) is 6.54 Å². The number of halogens is 1. The Morgan fingerprint density at radius 3 is 2.67 bits per heavy atom. The van der Waals surface area contributed by atoms with Crippen LogP contribution in [-0.2, 0) is 6.54 Å². The van der Waals surface area contributed by atoms with Crippen molar-refractivity contribution in [1.82, 2.24) is 14.3 Å². The summed E-state index contributed by atoms with van der Waals surface area (Å²) in [5.41, 5.74) is 0.726. The van der Waals surface area contributed by atoms with Crippen molar-refractivity contribution in [2.75, 3.05) is 5.33 Å². The highest BCUT2D eigenvalue weighted by Gasteiger charge is 2.04. The number of para-hydroxylation sites is 1. The molecule has 0 unspecified atom stereocenters. The van der Waals surface area contributed by atoms with Crippen molar-refractivity contribution in [3.8, 4) is 5.69 Å². The Kier molecular flexibility index (Phi) is 3.01. The highest BCUT2D eigenvalue weighted by molar-refractivity contribution is 9.09. The van der Waals surface area contributed by atoms with E-state index in [2.05, 4.69) is 21.0 Å². The van der Waals surface area contributed by atoms with Crippen LogP contribution < -0.4 is 5.69 Å². The molecule has 0 radical (unpaired) electrons. The van der Waals surface area contributed by atoms with Gasteiger partial charge in [-0.05, 0) is 12.1 Å². The minimum atomic E-state index is -0.111. The fourth-order valence-corrected chi connectivity index (χ4v) is 1.67. The third-order valence-electron chi connectivity index (χ3n) is 2.06. The topological polar surface area (TPSA) is 39.8 Å². The molecule has 1 heterocycles. The Morgan fingerprint density at radius 2 is 2.00 bits per heavy atom. The minimum Gasteiger partial charge on any atom is -0.250 e. The van der Waals surface area contributed by atoms with Crippen LogP contribution in [0.2, 0.25) is 0 Å². The van der Waals surface area contributed by atoms with E-state index in [9.17, 15) is 4.79 Å². The first-order valence-corrected chi connectivity index (χ1v) is 5.71. The van der Waals surface area contributed by atoms with Crippen molar-refractivity contribution >= 4 is 15.9 Å². The van der Waals surface area contributed by atoms with Crippen molar-refractivity contribution in [1.29, 1.82) is 0 Å². The van der Waals surface area contributed by atoms with Gasteiger partial charge >= 0.3 is 5.69 Å². The molecule has 5 heteroatoms. The number of hydrogen-bond donors (Lipinski definition) is 0. The van der Waals surface area contributed by atoms with Crippen molar-refractivity contribution in [2.45, 2.75) is 6.54 Å². The van der Waals surface area contributed by atoms with Crippen LogP contribution in [0.5, 0.6) is 0 Å². The van der Waals surface area contributed by atoms with Crippen LogP contribution in [0.4, 0.5) is 0 Å². The predicted octanol–water partition coefficient (Wildman–Crippen LogP) is 1.43. The lowest BCUT2D eigenvalue weighted by molar-refractivity contribution is 0.637. The minimum absolute atomic E-state index is 0.111. The number of nitrogens with zero attached hydrogens (tertiary/aromatic N) is 3. The van der Waals surface area contributed by atoms with Crippen molar-refractivity contribution < 1.29 is 0 Å². The highest BCUT2D eigenvalue weighted by Crippen LogP contribution is 2.02. The van der Waals surface area contributed by atoms with Crippen LogP contribution in [0.25, 0.3) is 5.69 Å². The molecule has 4 nitrogen and oxygen atoms in total. The number of benzene rings is 1. The molecule has 0 N–H and O–H groups in total. The van der Waals surface area contributed by atoms with Crippen LogP contribution >= 0.6 is 15.9 Å². The molecule has 0 aliphatic rings. The molecule has 15 heavy (non-hydrogen) atoms. The summed E-state index contributed by atoms with van der Waals surface area (Å²) in [4.78, 5) is 11.8. The Labute approximate surface area is 95.3 Å². The molecule has 0 saturated carbocycles. The molecule has 1 aromatic heterocycles. The largest absolute Gasteiger partial charge is 0.350 e. The van der Waals surface area contributed by atoms with Crippen molar-refractivity contribution in [2.24, 2.45) is 0 Å². The highest BCUT2D eigenvalue weighted by atomic mass is 79.9. The van der Waals surface area contributed by atoms with Gasteiger partial charge < -0.3 is 0 Å². The lowest BCUT2D eigenvalue weighted by atomic mass is 10.3. The summed E-state index contributed by atoms with van der Waals surface area (Å²) < 4.78 is 2.96. The molecule has 0 bridgehead atoms. The molecule has 0 atom stereocenters. The van der Waals surface area contributed by atoms with Gasteiger partial charge in [-0.25, -0.2) is 14.0 Å². The first kappa shape index (κ1) is 10.2. The Morgan fingerprint density at radius 1 is 1.27 bits per heavy atom. The summed E-state index contributed by atoms with van der Waals surface area (Å²) in [6.07, 6.45) is 1.54. The van der Waals surface area contributed by atoms with Gasteiger partial charge in [0.1, 0.15) is 6.33 Å². The molecule has 2 aromatic rings. The molecule has 0 aliphatic heterocycles. The van der Waals surface area contributed by atoms with Crippen LogP contribution in [-0.4, -0.2) is 19.7 Å². The summed E-state index contributed by atoms with van der Waals surface area (Å²) in [6, 6.07) is 9.45. The molecule has 0 fully saturated rings. The fraction of sp³-hybridized carbons (Fsp3) is 0.200. The van der Waals surface area contributed by atoms with Gasteiger partial charge in [-0.3, -0.25) is 0 Å². The van der Waals surface area contributed by atoms with Gasteiger partial charge in [-0.1, -0.05) is 34.1 Å². The van der Waals surface area contributed by atoms with E-state index in [1.54, 1.807) is 6.33 Å². The zero-order valence-corrected chi connectivity index (χ0v) is 9.59. The van der Waals surface area contributed by atoms with Crippen molar-refractivity contribution in [3.63, 3.8) is 0 Å². The molecule has 78 valence electrons. The third-order valence-corrected chi connectivity index (χ3v) is 2.42. The monoisotopic (exact) mass is 267 g/mol. The second-order valence-electron chi connectivity index (χ2n) is 3.03. The molecule has 0 saturated heterocycles. The molecular formula is C10H10BrN3O. The number of rotatable bonds is 3. The standard InChI is InChI=1S/C10H10BrN3O/c11-6-7-14-10(15)13(8-12-14)9-4-2-1-3-5-9/h1-5,8H,6-7H2. The van der Waals surface area contributed by atoms with Crippen LogP contribution in [0.1, 0.15) is 0 Å². The Balaban J connectivity index is 2.43. The summed E-state index contributed by atoms with van der Waals surface area (Å²) in [5.74, 6) is 0. The number of aryl methyl sites for hydroxylation is 1. The number of alkyl halides is 1. The van der Waals surface area contributed by atoms with E-state index in [1.165, 1.54) is 9.25 Å². The Bertz CT molecular complexity index is 489.